The normalized spacial score (nSPS) is 15.6. The van der Waals surface area contributed by atoms with Crippen molar-refractivity contribution in [3.63, 3.8) is 0 Å². The first kappa shape index (κ1) is 17.8. The van der Waals surface area contributed by atoms with Gasteiger partial charge >= 0.3 is 0 Å². The number of carbonyl (C=O) groups excluding carboxylic acids is 1. The number of hydrogen-bond donors (Lipinski definition) is 1. The monoisotopic (exact) mass is 274 g/mol. The molecule has 0 saturated heterocycles. The summed E-state index contributed by atoms with van der Waals surface area (Å²) in [5.74, 6) is 0.0776. The molecular weight excluding hydrogens is 244 g/mol. The van der Waals surface area contributed by atoms with Crippen LogP contribution >= 0.6 is 0 Å². The van der Waals surface area contributed by atoms with Crippen LogP contribution in [0.1, 0.15) is 48.0 Å². The molecule has 18 heavy (non-hydrogen) atoms. The van der Waals surface area contributed by atoms with E-state index in [0.29, 0.717) is 0 Å². The van der Waals surface area contributed by atoms with Gasteiger partial charge in [-0.15, -0.1) is 0 Å². The number of ketones is 1. The topological polar surface area (TPSA) is 46.5 Å². The van der Waals surface area contributed by atoms with Gasteiger partial charge in [-0.3, -0.25) is 4.79 Å². The van der Waals surface area contributed by atoms with Gasteiger partial charge in [0.15, 0.2) is 8.32 Å². The molecule has 4 heteroatoms. The van der Waals surface area contributed by atoms with E-state index in [9.17, 15) is 9.90 Å². The second-order valence-electron chi connectivity index (χ2n) is 7.60. The van der Waals surface area contributed by atoms with E-state index in [0.717, 1.165) is 0 Å². The molecule has 108 valence electrons. The Kier molecular flexibility index (Phi) is 5.78. The van der Waals surface area contributed by atoms with Crippen LogP contribution < -0.4 is 0 Å². The zero-order valence-electron chi connectivity index (χ0n) is 13.3. The summed E-state index contributed by atoms with van der Waals surface area (Å²) in [7, 11) is -1.84. The fourth-order valence-corrected chi connectivity index (χ4v) is 2.14. The Morgan fingerprint density at radius 1 is 1.17 bits per heavy atom. The molecule has 1 unspecified atom stereocenters. The van der Waals surface area contributed by atoms with Crippen LogP contribution in [0.3, 0.4) is 0 Å². The maximum atomic E-state index is 11.8. The summed E-state index contributed by atoms with van der Waals surface area (Å²) in [5, 5.41) is 10.0. The Morgan fingerprint density at radius 3 is 1.94 bits per heavy atom. The first-order valence-corrected chi connectivity index (χ1v) is 9.53. The molecule has 0 spiro atoms. The van der Waals surface area contributed by atoms with Gasteiger partial charge in [-0.25, -0.2) is 0 Å². The number of rotatable bonds is 5. The fourth-order valence-electron chi connectivity index (χ4n) is 1.10. The molecule has 0 amide bonds. The minimum absolute atomic E-state index is 0.0776. The van der Waals surface area contributed by atoms with Gasteiger partial charge in [-0.1, -0.05) is 41.5 Å². The fraction of sp³-hybridized carbons (Fsp3) is 0.929. The van der Waals surface area contributed by atoms with Crippen molar-refractivity contribution in [2.75, 3.05) is 6.61 Å². The van der Waals surface area contributed by atoms with Crippen molar-refractivity contribution >= 4 is 14.1 Å². The number of hydrogen-bond acceptors (Lipinski definition) is 3. The zero-order chi connectivity index (χ0) is 14.8. The highest BCUT2D eigenvalue weighted by Crippen LogP contribution is 2.36. The van der Waals surface area contributed by atoms with Crippen molar-refractivity contribution in [2.45, 2.75) is 72.2 Å². The van der Waals surface area contributed by atoms with Gasteiger partial charge < -0.3 is 9.53 Å². The van der Waals surface area contributed by atoms with E-state index in [1.807, 2.05) is 20.8 Å². The first-order valence-electron chi connectivity index (χ1n) is 6.63. The lowest BCUT2D eigenvalue weighted by molar-refractivity contribution is -0.128. The molecule has 0 aliphatic heterocycles. The molecule has 0 fully saturated rings. The number of Topliss-reactive ketones (excluding diaryl/α,β-unsaturated/α-hetero) is 1. The van der Waals surface area contributed by atoms with Gasteiger partial charge in [0.2, 0.25) is 0 Å². The molecule has 3 nitrogen and oxygen atoms in total. The molecule has 0 aliphatic rings. The van der Waals surface area contributed by atoms with Gasteiger partial charge in [0.05, 0.1) is 12.7 Å². The summed E-state index contributed by atoms with van der Waals surface area (Å²) >= 11 is 0. The molecule has 0 aromatic rings. The Bertz CT molecular complexity index is 284. The Labute approximate surface area is 113 Å². The van der Waals surface area contributed by atoms with Crippen molar-refractivity contribution in [3.05, 3.63) is 0 Å². The van der Waals surface area contributed by atoms with E-state index in [2.05, 4.69) is 33.9 Å². The average Bonchev–Trinajstić information content (AvgIpc) is 2.11. The van der Waals surface area contributed by atoms with Crippen LogP contribution in [0.2, 0.25) is 18.1 Å². The highest BCUT2D eigenvalue weighted by molar-refractivity contribution is 6.74. The van der Waals surface area contributed by atoms with Crippen molar-refractivity contribution in [2.24, 2.45) is 5.41 Å². The van der Waals surface area contributed by atoms with Crippen LogP contribution in [-0.2, 0) is 9.22 Å². The molecule has 0 saturated carbocycles. The smallest absolute Gasteiger partial charge is 0.192 e. The molecule has 0 rings (SSSR count). The van der Waals surface area contributed by atoms with Crippen LogP contribution in [0.15, 0.2) is 0 Å². The summed E-state index contributed by atoms with van der Waals surface area (Å²) < 4.78 is 5.91. The molecule has 0 aromatic carbocycles. The van der Waals surface area contributed by atoms with Crippen molar-refractivity contribution in [1.29, 1.82) is 0 Å². The maximum Gasteiger partial charge on any atom is 0.192 e. The molecule has 0 bridgehead atoms. The van der Waals surface area contributed by atoms with E-state index in [1.165, 1.54) is 0 Å². The zero-order valence-corrected chi connectivity index (χ0v) is 14.3. The molecule has 0 aromatic heterocycles. The SMILES string of the molecule is CC(C)(C)C(=O)CC(O)CO[Si](C)(C)C(C)(C)C. The lowest BCUT2D eigenvalue weighted by Crippen LogP contribution is -2.43. The van der Waals surface area contributed by atoms with Crippen LogP contribution in [0.4, 0.5) is 0 Å². The number of aliphatic hydroxyl groups is 1. The van der Waals surface area contributed by atoms with Crippen molar-refractivity contribution < 1.29 is 14.3 Å². The van der Waals surface area contributed by atoms with Gasteiger partial charge in [-0.05, 0) is 18.1 Å². The van der Waals surface area contributed by atoms with E-state index < -0.39 is 19.8 Å². The van der Waals surface area contributed by atoms with E-state index in [1.54, 1.807) is 0 Å². The largest absolute Gasteiger partial charge is 0.414 e. The van der Waals surface area contributed by atoms with Crippen molar-refractivity contribution in [1.82, 2.24) is 0 Å². The highest BCUT2D eigenvalue weighted by Gasteiger charge is 2.37. The standard InChI is InChI=1S/C14H30O3Si/c1-13(2,3)12(16)9-11(15)10-17-18(7,8)14(4,5)6/h11,15H,9-10H2,1-8H3. The lowest BCUT2D eigenvalue weighted by Gasteiger charge is -2.36. The summed E-state index contributed by atoms with van der Waals surface area (Å²) in [6.45, 7) is 16.6. The quantitative estimate of drug-likeness (QED) is 0.782. The first-order chi connectivity index (χ1) is 7.77. The van der Waals surface area contributed by atoms with E-state index in [-0.39, 0.29) is 23.8 Å². The van der Waals surface area contributed by atoms with Crippen LogP contribution in [0, 0.1) is 5.41 Å². The van der Waals surface area contributed by atoms with Crippen molar-refractivity contribution in [3.8, 4) is 0 Å². The summed E-state index contributed by atoms with van der Waals surface area (Å²) in [6.07, 6.45) is -0.510. The third-order valence-corrected chi connectivity index (χ3v) is 8.20. The highest BCUT2D eigenvalue weighted by atomic mass is 28.4. The van der Waals surface area contributed by atoms with E-state index >= 15 is 0 Å². The Hall–Kier alpha value is -0.193. The molecule has 1 atom stereocenters. The second-order valence-corrected chi connectivity index (χ2v) is 12.4. The maximum absolute atomic E-state index is 11.8. The molecule has 0 aliphatic carbocycles. The summed E-state index contributed by atoms with van der Waals surface area (Å²) in [4.78, 5) is 11.8. The van der Waals surface area contributed by atoms with Gasteiger partial charge in [0, 0.05) is 11.8 Å². The number of aliphatic hydroxyl groups excluding tert-OH is 1. The van der Waals surface area contributed by atoms with Crippen LogP contribution in [-0.4, -0.2) is 31.9 Å². The Morgan fingerprint density at radius 2 is 1.61 bits per heavy atom. The second kappa shape index (κ2) is 5.84. The minimum Gasteiger partial charge on any atom is -0.414 e. The predicted molar refractivity (Wildman–Crippen MR) is 78.2 cm³/mol. The van der Waals surface area contributed by atoms with Gasteiger partial charge in [0.1, 0.15) is 5.78 Å². The minimum atomic E-state index is -1.84. The summed E-state index contributed by atoms with van der Waals surface area (Å²) in [6, 6.07) is 0. The predicted octanol–water partition coefficient (Wildman–Crippen LogP) is 3.37. The number of carbonyl (C=O) groups is 1. The Balaban J connectivity index is 4.29. The lowest BCUT2D eigenvalue weighted by atomic mass is 9.88. The molecule has 1 N–H and O–H groups in total. The van der Waals surface area contributed by atoms with Gasteiger partial charge in [0.25, 0.3) is 0 Å². The van der Waals surface area contributed by atoms with Gasteiger partial charge in [-0.2, -0.15) is 0 Å². The average molecular weight is 274 g/mol. The molecule has 0 radical (unpaired) electrons. The van der Waals surface area contributed by atoms with Crippen LogP contribution in [0.25, 0.3) is 0 Å². The third kappa shape index (κ3) is 5.63. The summed E-state index contributed by atoms with van der Waals surface area (Å²) in [5.41, 5.74) is -0.391. The molecular formula is C14H30O3Si. The molecule has 0 heterocycles. The van der Waals surface area contributed by atoms with E-state index in [4.69, 9.17) is 4.43 Å². The van der Waals surface area contributed by atoms with Crippen LogP contribution in [0.5, 0.6) is 0 Å². The third-order valence-electron chi connectivity index (χ3n) is 3.70.